The number of nitrogens with one attached hydrogen (secondary N) is 3. The van der Waals surface area contributed by atoms with Gasteiger partial charge in [0, 0.05) is 56.8 Å². The molecule has 1 aliphatic carbocycles. The number of amides is 1. The number of fused-ring (bicyclic) bond motifs is 1. The van der Waals surface area contributed by atoms with Gasteiger partial charge < -0.3 is 26.0 Å². The van der Waals surface area contributed by atoms with Crippen LogP contribution in [0.15, 0.2) is 55.3 Å². The van der Waals surface area contributed by atoms with Gasteiger partial charge in [-0.2, -0.15) is 4.98 Å². The predicted octanol–water partition coefficient (Wildman–Crippen LogP) is 4.37. The Morgan fingerprint density at radius 1 is 1.14 bits per heavy atom. The molecule has 222 valence electrons. The van der Waals surface area contributed by atoms with Crippen LogP contribution in [0.3, 0.4) is 0 Å². The molecule has 1 aliphatic heterocycles. The summed E-state index contributed by atoms with van der Waals surface area (Å²) in [6.45, 7) is 9.88. The van der Waals surface area contributed by atoms with Crippen LogP contribution < -0.4 is 20.9 Å². The smallest absolute Gasteiger partial charge is 0.256 e. The molecule has 2 aromatic heterocycles. The minimum Gasteiger partial charge on any atom is -0.387 e. The van der Waals surface area contributed by atoms with Gasteiger partial charge in [-0.3, -0.25) is 9.69 Å². The number of hydrogen-bond acceptors (Lipinski definition) is 9. The number of hydrogen-bond donors (Lipinski definition) is 4. The van der Waals surface area contributed by atoms with Gasteiger partial charge >= 0.3 is 0 Å². The molecular formula is C31H39FN8O2. The Morgan fingerprint density at radius 3 is 2.74 bits per heavy atom. The van der Waals surface area contributed by atoms with E-state index in [1.807, 2.05) is 24.3 Å². The topological polar surface area (TPSA) is 119 Å². The van der Waals surface area contributed by atoms with Crippen molar-refractivity contribution < 1.29 is 14.3 Å². The van der Waals surface area contributed by atoms with E-state index in [4.69, 9.17) is 0 Å². The molecule has 3 aromatic rings. The third-order valence-corrected chi connectivity index (χ3v) is 7.85. The summed E-state index contributed by atoms with van der Waals surface area (Å²) in [6.07, 6.45) is 4.96. The summed E-state index contributed by atoms with van der Waals surface area (Å²) < 4.78 is 13.0. The first-order valence-electron chi connectivity index (χ1n) is 14.6. The summed E-state index contributed by atoms with van der Waals surface area (Å²) in [4.78, 5) is 31.0. The lowest BCUT2D eigenvalue weighted by Crippen LogP contribution is -2.32. The summed E-state index contributed by atoms with van der Waals surface area (Å²) in [5, 5.41) is 19.4. The molecule has 2 atom stereocenters. The Hall–Kier alpha value is -4.09. The van der Waals surface area contributed by atoms with E-state index in [-0.39, 0.29) is 18.1 Å². The Bertz CT molecular complexity index is 1390. The van der Waals surface area contributed by atoms with Crippen LogP contribution in [0.1, 0.15) is 47.5 Å². The molecule has 2 aliphatic rings. The minimum atomic E-state index is -0.598. The standard InChI is InChI=1S/C31H39FN8O2/c1-3-14-33-30(42)25-18-34-31(38-29(25)37-27-12-6-22-5-11-26(41)28(22)36-27)35-23-7-9-24(10-8-23)40-17-16-39(15-13-32)19-21(4-2)20-40/h3,6-10,12,18,21,26,41H,1,4-5,11,13-17,19-20H2,2H3,(H,33,42)(H2,34,35,36,37,38). The van der Waals surface area contributed by atoms with Crippen LogP contribution in [-0.4, -0.2) is 76.8 Å². The molecule has 1 fully saturated rings. The van der Waals surface area contributed by atoms with Gasteiger partial charge in [0.25, 0.3) is 5.91 Å². The van der Waals surface area contributed by atoms with Crippen LogP contribution in [0.5, 0.6) is 0 Å². The van der Waals surface area contributed by atoms with Crippen molar-refractivity contribution in [2.45, 2.75) is 32.3 Å². The molecule has 0 saturated carbocycles. The van der Waals surface area contributed by atoms with E-state index in [0.717, 1.165) is 56.0 Å². The van der Waals surface area contributed by atoms with E-state index in [1.54, 1.807) is 6.08 Å². The molecule has 2 unspecified atom stereocenters. The summed E-state index contributed by atoms with van der Waals surface area (Å²) >= 11 is 0. The normalized spacial score (nSPS) is 18.7. The fourth-order valence-electron chi connectivity index (χ4n) is 5.47. The summed E-state index contributed by atoms with van der Waals surface area (Å²) in [7, 11) is 0. The first kappa shape index (κ1) is 29.4. The van der Waals surface area contributed by atoms with E-state index >= 15 is 0 Å². The number of carbonyl (C=O) groups excluding carboxylic acids is 1. The van der Waals surface area contributed by atoms with Gasteiger partial charge in [-0.25, -0.2) is 14.4 Å². The van der Waals surface area contributed by atoms with Crippen molar-refractivity contribution in [3.05, 3.63) is 72.1 Å². The van der Waals surface area contributed by atoms with E-state index < -0.39 is 6.10 Å². The summed E-state index contributed by atoms with van der Waals surface area (Å²) in [5.41, 5.74) is 3.84. The third kappa shape index (κ3) is 7.03. The number of benzene rings is 1. The second-order valence-corrected chi connectivity index (χ2v) is 10.8. The zero-order chi connectivity index (χ0) is 29.5. The van der Waals surface area contributed by atoms with Crippen molar-refractivity contribution in [1.82, 2.24) is 25.2 Å². The average molecular weight is 575 g/mol. The van der Waals surface area contributed by atoms with Crippen LogP contribution in [-0.2, 0) is 6.42 Å². The number of aromatic nitrogens is 3. The van der Waals surface area contributed by atoms with Crippen LogP contribution in [0, 0.1) is 5.92 Å². The van der Waals surface area contributed by atoms with Gasteiger partial charge in [0.1, 0.15) is 23.9 Å². The van der Waals surface area contributed by atoms with Crippen LogP contribution >= 0.6 is 0 Å². The summed E-state index contributed by atoms with van der Waals surface area (Å²) in [5.74, 6) is 1.23. The quantitative estimate of drug-likeness (QED) is 0.248. The molecule has 1 aromatic carbocycles. The second kappa shape index (κ2) is 13.7. The number of alkyl halides is 1. The van der Waals surface area contributed by atoms with Gasteiger partial charge in [0.05, 0.1) is 11.8 Å². The van der Waals surface area contributed by atoms with E-state index in [2.05, 4.69) is 66.3 Å². The Kier molecular flexibility index (Phi) is 9.60. The zero-order valence-electron chi connectivity index (χ0n) is 24.0. The average Bonchev–Trinajstić information content (AvgIpc) is 3.24. The lowest BCUT2D eigenvalue weighted by molar-refractivity contribution is 0.0958. The van der Waals surface area contributed by atoms with Crippen molar-refractivity contribution in [2.75, 3.05) is 61.5 Å². The maximum absolute atomic E-state index is 13.0. The highest BCUT2D eigenvalue weighted by Crippen LogP contribution is 2.31. The van der Waals surface area contributed by atoms with Gasteiger partial charge in [-0.1, -0.05) is 25.5 Å². The fraction of sp³-hybridized carbons (Fsp3) is 0.419. The van der Waals surface area contributed by atoms with Crippen LogP contribution in [0.4, 0.5) is 33.3 Å². The molecule has 5 rings (SSSR count). The van der Waals surface area contributed by atoms with Crippen LogP contribution in [0.2, 0.25) is 0 Å². The predicted molar refractivity (Wildman–Crippen MR) is 163 cm³/mol. The monoisotopic (exact) mass is 574 g/mol. The molecule has 4 N–H and O–H groups in total. The van der Waals surface area contributed by atoms with Crippen LogP contribution in [0.25, 0.3) is 0 Å². The molecule has 0 spiro atoms. The summed E-state index contributed by atoms with van der Waals surface area (Å²) in [6, 6.07) is 11.8. The van der Waals surface area contributed by atoms with Crippen molar-refractivity contribution in [2.24, 2.45) is 5.92 Å². The van der Waals surface area contributed by atoms with Crippen molar-refractivity contribution in [3.8, 4) is 0 Å². The minimum absolute atomic E-state index is 0.258. The van der Waals surface area contributed by atoms with E-state index in [9.17, 15) is 14.3 Å². The maximum atomic E-state index is 13.0. The van der Waals surface area contributed by atoms with E-state index in [0.29, 0.717) is 48.7 Å². The van der Waals surface area contributed by atoms with Crippen molar-refractivity contribution in [3.63, 3.8) is 0 Å². The molecule has 1 amide bonds. The maximum Gasteiger partial charge on any atom is 0.256 e. The number of nitrogens with zero attached hydrogens (tertiary/aromatic N) is 5. The highest BCUT2D eigenvalue weighted by atomic mass is 19.1. The number of halogens is 1. The first-order chi connectivity index (χ1) is 20.5. The fourth-order valence-corrected chi connectivity index (χ4v) is 5.47. The molecule has 10 nitrogen and oxygen atoms in total. The van der Waals surface area contributed by atoms with Gasteiger partial charge in [0.2, 0.25) is 5.95 Å². The van der Waals surface area contributed by atoms with Crippen molar-refractivity contribution >= 4 is 34.9 Å². The molecule has 3 heterocycles. The zero-order valence-corrected chi connectivity index (χ0v) is 24.0. The Morgan fingerprint density at radius 2 is 1.98 bits per heavy atom. The van der Waals surface area contributed by atoms with Gasteiger partial charge in [-0.05, 0) is 54.7 Å². The number of aliphatic hydroxyl groups is 1. The Balaban J connectivity index is 1.33. The molecule has 1 saturated heterocycles. The van der Waals surface area contributed by atoms with Gasteiger partial charge in [0.15, 0.2) is 0 Å². The number of aryl methyl sites for hydroxylation is 1. The largest absolute Gasteiger partial charge is 0.387 e. The van der Waals surface area contributed by atoms with Crippen molar-refractivity contribution in [1.29, 1.82) is 0 Å². The molecule has 0 radical (unpaired) electrons. The third-order valence-electron chi connectivity index (χ3n) is 7.85. The number of aliphatic hydroxyl groups excluding tert-OH is 1. The lowest BCUT2D eigenvalue weighted by Gasteiger charge is -2.25. The van der Waals surface area contributed by atoms with Gasteiger partial charge in [-0.15, -0.1) is 6.58 Å². The Labute approximate surface area is 246 Å². The molecule has 0 bridgehead atoms. The number of rotatable bonds is 11. The second-order valence-electron chi connectivity index (χ2n) is 10.8. The number of pyridine rings is 1. The number of anilines is 5. The van der Waals surface area contributed by atoms with E-state index in [1.165, 1.54) is 6.20 Å². The lowest BCUT2D eigenvalue weighted by atomic mass is 10.1. The SMILES string of the molecule is C=CCNC(=O)c1cnc(Nc2ccc(N3CCN(CCF)CC(CC)C3)cc2)nc1Nc1ccc2c(n1)C(O)CC2. The molecular weight excluding hydrogens is 535 g/mol. The highest BCUT2D eigenvalue weighted by Gasteiger charge is 2.24. The number of carbonyl (C=O) groups is 1. The molecule has 42 heavy (non-hydrogen) atoms. The molecule has 11 heteroatoms. The highest BCUT2D eigenvalue weighted by molar-refractivity contribution is 5.99. The first-order valence-corrected chi connectivity index (χ1v) is 14.6.